The van der Waals surface area contributed by atoms with Gasteiger partial charge in [-0.15, -0.1) is 0 Å². The van der Waals surface area contributed by atoms with Gasteiger partial charge in [-0.3, -0.25) is 4.90 Å². The molecule has 0 bridgehead atoms. The van der Waals surface area contributed by atoms with Crippen molar-refractivity contribution in [3.63, 3.8) is 0 Å². The standard InChI is InChI=1S/C12H15F3N6/c13-12(14,15)10-1-2-11(17-9-10)21-7-5-20(6-8-21)4-3-18-19-16/h1-2,9H,3-8H2. The molecule has 1 aliphatic rings. The van der Waals surface area contributed by atoms with Crippen LogP contribution in [0.5, 0.6) is 0 Å². The minimum atomic E-state index is -4.36. The fraction of sp³-hybridized carbons (Fsp3) is 0.583. The molecule has 2 heterocycles. The first kappa shape index (κ1) is 15.4. The summed E-state index contributed by atoms with van der Waals surface area (Å²) in [6.45, 7) is 4.03. The van der Waals surface area contributed by atoms with Gasteiger partial charge in [0.15, 0.2) is 0 Å². The molecule has 0 saturated carbocycles. The van der Waals surface area contributed by atoms with Crippen molar-refractivity contribution in [1.82, 2.24) is 9.88 Å². The van der Waals surface area contributed by atoms with Gasteiger partial charge in [0.2, 0.25) is 0 Å². The Labute approximate surface area is 119 Å². The second-order valence-corrected chi connectivity index (χ2v) is 4.69. The van der Waals surface area contributed by atoms with Crippen LogP contribution < -0.4 is 4.90 Å². The van der Waals surface area contributed by atoms with Crippen LogP contribution in [-0.2, 0) is 6.18 Å². The third-order valence-corrected chi connectivity index (χ3v) is 3.35. The van der Waals surface area contributed by atoms with Gasteiger partial charge < -0.3 is 4.90 Å². The van der Waals surface area contributed by atoms with Gasteiger partial charge in [0.25, 0.3) is 0 Å². The van der Waals surface area contributed by atoms with Crippen LogP contribution in [-0.4, -0.2) is 49.2 Å². The Morgan fingerprint density at radius 1 is 1.24 bits per heavy atom. The van der Waals surface area contributed by atoms with Crippen molar-refractivity contribution in [2.75, 3.05) is 44.2 Å². The van der Waals surface area contributed by atoms with E-state index in [0.29, 0.717) is 32.0 Å². The number of alkyl halides is 3. The first-order valence-corrected chi connectivity index (χ1v) is 6.52. The van der Waals surface area contributed by atoms with Crippen molar-refractivity contribution in [2.45, 2.75) is 6.18 Å². The van der Waals surface area contributed by atoms with E-state index in [9.17, 15) is 13.2 Å². The molecule has 2 rings (SSSR count). The quantitative estimate of drug-likeness (QED) is 0.487. The van der Waals surface area contributed by atoms with Gasteiger partial charge in [-0.25, -0.2) is 4.98 Å². The molecule has 1 fully saturated rings. The van der Waals surface area contributed by atoms with Crippen molar-refractivity contribution in [1.29, 1.82) is 0 Å². The lowest BCUT2D eigenvalue weighted by atomic mass is 10.2. The highest BCUT2D eigenvalue weighted by Crippen LogP contribution is 2.29. The number of anilines is 1. The maximum Gasteiger partial charge on any atom is 0.417 e. The molecule has 1 aliphatic heterocycles. The molecule has 0 N–H and O–H groups in total. The van der Waals surface area contributed by atoms with E-state index >= 15 is 0 Å². The zero-order valence-corrected chi connectivity index (χ0v) is 11.3. The number of nitrogens with zero attached hydrogens (tertiary/aromatic N) is 6. The van der Waals surface area contributed by atoms with Crippen molar-refractivity contribution >= 4 is 5.82 Å². The summed E-state index contributed by atoms with van der Waals surface area (Å²) < 4.78 is 37.4. The summed E-state index contributed by atoms with van der Waals surface area (Å²) in [6, 6.07) is 2.45. The fourth-order valence-corrected chi connectivity index (χ4v) is 2.17. The maximum atomic E-state index is 12.5. The lowest BCUT2D eigenvalue weighted by Gasteiger charge is -2.35. The van der Waals surface area contributed by atoms with E-state index in [1.807, 2.05) is 4.90 Å². The Kier molecular flexibility index (Phi) is 4.87. The Balaban J connectivity index is 1.89. The van der Waals surface area contributed by atoms with Crippen LogP contribution in [0.15, 0.2) is 23.4 Å². The number of hydrogen-bond donors (Lipinski definition) is 0. The van der Waals surface area contributed by atoms with Crippen molar-refractivity contribution in [2.24, 2.45) is 5.11 Å². The number of rotatable bonds is 4. The molecule has 0 radical (unpaired) electrons. The Bertz CT molecular complexity index is 501. The average molecular weight is 300 g/mol. The van der Waals surface area contributed by atoms with Crippen LogP contribution in [0.2, 0.25) is 0 Å². The first-order valence-electron chi connectivity index (χ1n) is 6.52. The summed E-state index contributed by atoms with van der Waals surface area (Å²) in [4.78, 5) is 10.7. The third-order valence-electron chi connectivity index (χ3n) is 3.35. The summed E-state index contributed by atoms with van der Waals surface area (Å²) in [7, 11) is 0. The lowest BCUT2D eigenvalue weighted by Crippen LogP contribution is -2.47. The number of hydrogen-bond acceptors (Lipinski definition) is 4. The van der Waals surface area contributed by atoms with Crippen LogP contribution in [0, 0.1) is 0 Å². The normalized spacial score (nSPS) is 16.6. The van der Waals surface area contributed by atoms with Gasteiger partial charge in [-0.2, -0.15) is 13.2 Å². The number of piperazine rings is 1. The van der Waals surface area contributed by atoms with E-state index < -0.39 is 11.7 Å². The van der Waals surface area contributed by atoms with Crippen LogP contribution in [0.1, 0.15) is 5.56 Å². The van der Waals surface area contributed by atoms with E-state index in [4.69, 9.17) is 5.53 Å². The Morgan fingerprint density at radius 3 is 2.48 bits per heavy atom. The minimum Gasteiger partial charge on any atom is -0.354 e. The van der Waals surface area contributed by atoms with Gasteiger partial charge in [0.05, 0.1) is 5.56 Å². The molecular formula is C12H15F3N6. The van der Waals surface area contributed by atoms with Gasteiger partial charge in [0.1, 0.15) is 5.82 Å². The predicted molar refractivity (Wildman–Crippen MR) is 71.9 cm³/mol. The van der Waals surface area contributed by atoms with E-state index in [-0.39, 0.29) is 0 Å². The van der Waals surface area contributed by atoms with Crippen LogP contribution in [0.3, 0.4) is 0 Å². The van der Waals surface area contributed by atoms with E-state index in [0.717, 1.165) is 25.4 Å². The molecule has 21 heavy (non-hydrogen) atoms. The molecular weight excluding hydrogens is 285 g/mol. The smallest absolute Gasteiger partial charge is 0.354 e. The van der Waals surface area contributed by atoms with Crippen LogP contribution in [0.4, 0.5) is 19.0 Å². The first-order chi connectivity index (χ1) is 10.0. The zero-order chi connectivity index (χ0) is 15.3. The van der Waals surface area contributed by atoms with Crippen LogP contribution >= 0.6 is 0 Å². The topological polar surface area (TPSA) is 68.1 Å². The van der Waals surface area contributed by atoms with E-state index in [1.54, 1.807) is 0 Å². The molecule has 114 valence electrons. The van der Waals surface area contributed by atoms with Gasteiger partial charge in [0, 0.05) is 50.4 Å². The van der Waals surface area contributed by atoms with Gasteiger partial charge in [-0.1, -0.05) is 5.11 Å². The summed E-state index contributed by atoms with van der Waals surface area (Å²) in [6.07, 6.45) is -3.49. The second kappa shape index (κ2) is 6.64. The van der Waals surface area contributed by atoms with Gasteiger partial charge >= 0.3 is 6.18 Å². The monoisotopic (exact) mass is 300 g/mol. The summed E-state index contributed by atoms with van der Waals surface area (Å²) in [5.74, 6) is 0.553. The van der Waals surface area contributed by atoms with Crippen LogP contribution in [0.25, 0.3) is 10.4 Å². The molecule has 1 aromatic rings. The fourth-order valence-electron chi connectivity index (χ4n) is 2.17. The summed E-state index contributed by atoms with van der Waals surface area (Å²) in [5, 5.41) is 3.48. The van der Waals surface area contributed by atoms with Gasteiger partial charge in [-0.05, 0) is 17.7 Å². The molecule has 0 amide bonds. The molecule has 0 spiro atoms. The van der Waals surface area contributed by atoms with Crippen molar-refractivity contribution < 1.29 is 13.2 Å². The highest BCUT2D eigenvalue weighted by atomic mass is 19.4. The maximum absolute atomic E-state index is 12.5. The van der Waals surface area contributed by atoms with Crippen molar-refractivity contribution in [3.8, 4) is 0 Å². The number of halogens is 3. The predicted octanol–water partition coefficient (Wildman–Crippen LogP) is 2.53. The number of aromatic nitrogens is 1. The second-order valence-electron chi connectivity index (χ2n) is 4.69. The van der Waals surface area contributed by atoms with E-state index in [1.165, 1.54) is 6.07 Å². The number of pyridine rings is 1. The largest absolute Gasteiger partial charge is 0.417 e. The average Bonchev–Trinajstić information content (AvgIpc) is 2.48. The summed E-state index contributed by atoms with van der Waals surface area (Å²) >= 11 is 0. The Morgan fingerprint density at radius 2 is 1.95 bits per heavy atom. The highest BCUT2D eigenvalue weighted by Gasteiger charge is 2.31. The molecule has 1 saturated heterocycles. The molecule has 0 unspecified atom stereocenters. The van der Waals surface area contributed by atoms with E-state index in [2.05, 4.69) is 19.9 Å². The molecule has 0 aromatic carbocycles. The third kappa shape index (κ3) is 4.24. The molecule has 0 atom stereocenters. The molecule has 6 nitrogen and oxygen atoms in total. The highest BCUT2D eigenvalue weighted by molar-refractivity contribution is 5.40. The lowest BCUT2D eigenvalue weighted by molar-refractivity contribution is -0.137. The zero-order valence-electron chi connectivity index (χ0n) is 11.3. The SMILES string of the molecule is [N-]=[N+]=NCCN1CCN(c2ccc(C(F)(F)F)cn2)CC1. The molecule has 0 aliphatic carbocycles. The number of azide groups is 1. The molecule has 1 aromatic heterocycles. The molecule has 9 heteroatoms. The summed E-state index contributed by atoms with van der Waals surface area (Å²) in [5.41, 5.74) is 7.47. The Hall–Kier alpha value is -1.99. The van der Waals surface area contributed by atoms with Crippen molar-refractivity contribution in [3.05, 3.63) is 34.3 Å². The minimum absolute atomic E-state index is 0.426.